The number of anilines is 1. The summed E-state index contributed by atoms with van der Waals surface area (Å²) in [7, 11) is -4.15. The summed E-state index contributed by atoms with van der Waals surface area (Å²) in [6.07, 6.45) is 5.38. The second-order valence-corrected chi connectivity index (χ2v) is 15.5. The summed E-state index contributed by atoms with van der Waals surface area (Å²) in [5.41, 5.74) is 5.24. The van der Waals surface area contributed by atoms with E-state index in [4.69, 9.17) is 0 Å². The lowest BCUT2D eigenvalue weighted by Crippen LogP contribution is -2.55. The van der Waals surface area contributed by atoms with E-state index in [9.17, 15) is 18.0 Å². The Hall–Kier alpha value is -4.43. The molecule has 0 heterocycles. The fraction of sp³-hybridized carbons (Fsp3) is 0.366. The molecule has 0 saturated heterocycles. The van der Waals surface area contributed by atoms with Crippen LogP contribution >= 0.6 is 0 Å². The first-order valence-electron chi connectivity index (χ1n) is 17.4. The van der Waals surface area contributed by atoms with Crippen LogP contribution in [0.2, 0.25) is 0 Å². The molecule has 0 aliphatic heterocycles. The Kier molecular flexibility index (Phi) is 11.9. The molecule has 1 aliphatic rings. The van der Waals surface area contributed by atoms with Crippen LogP contribution in [-0.4, -0.2) is 43.8 Å². The zero-order chi connectivity index (χ0) is 35.0. The molecule has 1 N–H and O–H groups in total. The number of carbonyl (C=O) groups excluding carboxylic acids is 2. The summed E-state index contributed by atoms with van der Waals surface area (Å²) in [6.45, 7) is 7.74. The molecule has 1 saturated carbocycles. The minimum absolute atomic E-state index is 0.0498. The number of amides is 2. The second kappa shape index (κ2) is 16.3. The monoisotopic (exact) mass is 679 g/mol. The Bertz CT molecular complexity index is 1780. The van der Waals surface area contributed by atoms with E-state index in [2.05, 4.69) is 19.2 Å². The number of nitrogens with one attached hydrogen (secondary N) is 1. The average molecular weight is 680 g/mol. The molecule has 258 valence electrons. The van der Waals surface area contributed by atoms with Crippen LogP contribution in [0.5, 0.6) is 0 Å². The predicted molar refractivity (Wildman–Crippen MR) is 197 cm³/mol. The van der Waals surface area contributed by atoms with Gasteiger partial charge in [-0.2, -0.15) is 0 Å². The number of rotatable bonds is 13. The van der Waals surface area contributed by atoms with E-state index in [1.807, 2.05) is 80.6 Å². The lowest BCUT2D eigenvalue weighted by molar-refractivity contribution is -0.140. The van der Waals surface area contributed by atoms with E-state index in [1.165, 1.54) is 4.31 Å². The van der Waals surface area contributed by atoms with E-state index in [-0.39, 0.29) is 29.3 Å². The van der Waals surface area contributed by atoms with Gasteiger partial charge in [0.15, 0.2) is 0 Å². The summed E-state index contributed by atoms with van der Waals surface area (Å²) in [4.78, 5) is 30.7. The number of nitrogens with zero attached hydrogens (tertiary/aromatic N) is 2. The second-order valence-electron chi connectivity index (χ2n) is 13.6. The Morgan fingerprint density at radius 3 is 1.94 bits per heavy atom. The maximum atomic E-state index is 14.8. The van der Waals surface area contributed by atoms with E-state index in [0.29, 0.717) is 12.1 Å². The molecule has 5 rings (SSSR count). The molecule has 4 aromatic rings. The maximum Gasteiger partial charge on any atom is 0.264 e. The van der Waals surface area contributed by atoms with Crippen molar-refractivity contribution < 1.29 is 18.0 Å². The Morgan fingerprint density at radius 1 is 0.755 bits per heavy atom. The van der Waals surface area contributed by atoms with Gasteiger partial charge in [-0.1, -0.05) is 123 Å². The molecule has 0 spiro atoms. The first-order chi connectivity index (χ1) is 23.5. The molecule has 1 fully saturated rings. The largest absolute Gasteiger partial charge is 0.352 e. The quantitative estimate of drug-likeness (QED) is 0.157. The summed E-state index contributed by atoms with van der Waals surface area (Å²) in [5.74, 6) is -0.418. The van der Waals surface area contributed by atoms with Gasteiger partial charge in [-0.05, 0) is 73.6 Å². The Labute approximate surface area is 292 Å². The number of aryl methyl sites for hydroxylation is 2. The van der Waals surface area contributed by atoms with Gasteiger partial charge in [-0.3, -0.25) is 13.9 Å². The number of carbonyl (C=O) groups is 2. The van der Waals surface area contributed by atoms with Crippen LogP contribution in [0.15, 0.2) is 108 Å². The van der Waals surface area contributed by atoms with Crippen molar-refractivity contribution in [1.82, 2.24) is 10.2 Å². The summed E-state index contributed by atoms with van der Waals surface area (Å²) in [5, 5.41) is 3.27. The highest BCUT2D eigenvalue weighted by molar-refractivity contribution is 7.92. The first kappa shape index (κ1) is 35.9. The van der Waals surface area contributed by atoms with Crippen molar-refractivity contribution in [3.05, 3.63) is 131 Å². The molecule has 0 bridgehead atoms. The van der Waals surface area contributed by atoms with Crippen molar-refractivity contribution in [2.75, 3.05) is 10.8 Å². The van der Waals surface area contributed by atoms with Crippen LogP contribution < -0.4 is 9.62 Å². The molecule has 0 aromatic heterocycles. The standard InChI is InChI=1S/C41H49N3O4S/c1-30(2)35-21-23-37(24-22-35)44(49(47,48)38-25-17-32(4)18-26-38)29-40(45)43(28-34-19-15-31(3)16-20-34)39(27-33-11-7-5-8-12-33)41(46)42-36-13-9-6-10-14-36/h5,7-8,11-12,15-26,30,36,39H,6,9-10,13-14,27-29H2,1-4H3,(H,42,46)/t39-/m0/s1. The fourth-order valence-corrected chi connectivity index (χ4v) is 7.79. The maximum absolute atomic E-state index is 14.8. The van der Waals surface area contributed by atoms with Gasteiger partial charge in [-0.25, -0.2) is 8.42 Å². The van der Waals surface area contributed by atoms with Crippen LogP contribution in [0, 0.1) is 13.8 Å². The molecule has 0 unspecified atom stereocenters. The average Bonchev–Trinajstić information content (AvgIpc) is 3.10. The van der Waals surface area contributed by atoms with Crippen molar-refractivity contribution in [2.24, 2.45) is 0 Å². The van der Waals surface area contributed by atoms with Crippen molar-refractivity contribution >= 4 is 27.5 Å². The molecule has 4 aromatic carbocycles. The van der Waals surface area contributed by atoms with Crippen LogP contribution in [0.4, 0.5) is 5.69 Å². The normalized spacial score (nSPS) is 14.3. The van der Waals surface area contributed by atoms with Gasteiger partial charge >= 0.3 is 0 Å². The van der Waals surface area contributed by atoms with Gasteiger partial charge in [0.2, 0.25) is 11.8 Å². The van der Waals surface area contributed by atoms with Crippen LogP contribution in [-0.2, 0) is 32.6 Å². The van der Waals surface area contributed by atoms with Gasteiger partial charge in [0.1, 0.15) is 12.6 Å². The van der Waals surface area contributed by atoms with Gasteiger partial charge in [0.05, 0.1) is 10.6 Å². The van der Waals surface area contributed by atoms with E-state index >= 15 is 0 Å². The fourth-order valence-electron chi connectivity index (χ4n) is 6.38. The number of hydrogen-bond acceptors (Lipinski definition) is 4. The lowest BCUT2D eigenvalue weighted by Gasteiger charge is -2.35. The SMILES string of the molecule is Cc1ccc(CN(C(=O)CN(c2ccc(C(C)C)cc2)S(=O)(=O)c2ccc(C)cc2)[C@@H](Cc2ccccc2)C(=O)NC2CCCCC2)cc1. The summed E-state index contributed by atoms with van der Waals surface area (Å²) >= 11 is 0. The van der Waals surface area contributed by atoms with Crippen LogP contribution in [0.25, 0.3) is 0 Å². The van der Waals surface area contributed by atoms with E-state index < -0.39 is 28.5 Å². The highest BCUT2D eigenvalue weighted by Crippen LogP contribution is 2.28. The third-order valence-electron chi connectivity index (χ3n) is 9.43. The molecule has 1 atom stereocenters. The molecule has 1 aliphatic carbocycles. The molecule has 49 heavy (non-hydrogen) atoms. The predicted octanol–water partition coefficient (Wildman–Crippen LogP) is 7.71. The molecule has 7 nitrogen and oxygen atoms in total. The van der Waals surface area contributed by atoms with Gasteiger partial charge in [0.25, 0.3) is 10.0 Å². The summed E-state index contributed by atoms with van der Waals surface area (Å²) < 4.78 is 29.9. The minimum atomic E-state index is -4.15. The van der Waals surface area contributed by atoms with Gasteiger partial charge in [-0.15, -0.1) is 0 Å². The number of benzene rings is 4. The van der Waals surface area contributed by atoms with Crippen molar-refractivity contribution in [2.45, 2.75) is 95.7 Å². The Morgan fingerprint density at radius 2 is 1.35 bits per heavy atom. The number of sulfonamides is 1. The third kappa shape index (κ3) is 9.38. The smallest absolute Gasteiger partial charge is 0.264 e. The molecule has 8 heteroatoms. The topological polar surface area (TPSA) is 86.8 Å². The van der Waals surface area contributed by atoms with Gasteiger partial charge in [0, 0.05) is 19.0 Å². The number of hydrogen-bond donors (Lipinski definition) is 1. The molecular weight excluding hydrogens is 631 g/mol. The van der Waals surface area contributed by atoms with Crippen molar-refractivity contribution in [3.8, 4) is 0 Å². The first-order valence-corrected chi connectivity index (χ1v) is 18.8. The zero-order valence-corrected chi connectivity index (χ0v) is 30.0. The highest BCUT2D eigenvalue weighted by atomic mass is 32.2. The molecule has 2 amide bonds. The van der Waals surface area contributed by atoms with E-state index in [0.717, 1.165) is 59.9 Å². The van der Waals surface area contributed by atoms with Crippen LogP contribution in [0.3, 0.4) is 0 Å². The molecule has 0 radical (unpaired) electrons. The third-order valence-corrected chi connectivity index (χ3v) is 11.2. The van der Waals surface area contributed by atoms with Crippen LogP contribution in [0.1, 0.15) is 79.7 Å². The van der Waals surface area contributed by atoms with Crippen molar-refractivity contribution in [1.29, 1.82) is 0 Å². The lowest BCUT2D eigenvalue weighted by atomic mass is 9.94. The minimum Gasteiger partial charge on any atom is -0.352 e. The highest BCUT2D eigenvalue weighted by Gasteiger charge is 2.35. The van der Waals surface area contributed by atoms with E-state index in [1.54, 1.807) is 41.3 Å². The van der Waals surface area contributed by atoms with Gasteiger partial charge < -0.3 is 10.2 Å². The van der Waals surface area contributed by atoms with Crippen molar-refractivity contribution in [3.63, 3.8) is 0 Å². The Balaban J connectivity index is 1.56. The zero-order valence-electron chi connectivity index (χ0n) is 29.1. The summed E-state index contributed by atoms with van der Waals surface area (Å²) in [6, 6.07) is 30.8. The molecular formula is C41H49N3O4S.